The summed E-state index contributed by atoms with van der Waals surface area (Å²) in [6, 6.07) is 0. The summed E-state index contributed by atoms with van der Waals surface area (Å²) in [7, 11) is 0. The van der Waals surface area contributed by atoms with Crippen LogP contribution in [-0.2, 0) is 0 Å². The zero-order valence-electron chi connectivity index (χ0n) is 13.8. The van der Waals surface area contributed by atoms with Gasteiger partial charge in [-0.15, -0.1) is 0 Å². The minimum Gasteiger partial charge on any atom is -0.389 e. The summed E-state index contributed by atoms with van der Waals surface area (Å²) in [5.41, 5.74) is -0.902. The van der Waals surface area contributed by atoms with Gasteiger partial charge in [-0.05, 0) is 54.8 Å². The summed E-state index contributed by atoms with van der Waals surface area (Å²) < 4.78 is 14.8. The van der Waals surface area contributed by atoms with Gasteiger partial charge in [0.15, 0.2) is 0 Å². The minimum absolute atomic E-state index is 0.0258. The van der Waals surface area contributed by atoms with Crippen LogP contribution < -0.4 is 0 Å². The molecular weight excluding hydrogens is 295 g/mol. The Morgan fingerprint density at radius 1 is 1.04 bits per heavy atom. The van der Waals surface area contributed by atoms with Crippen molar-refractivity contribution in [3.05, 3.63) is 24.3 Å². The van der Waals surface area contributed by atoms with Gasteiger partial charge in [-0.25, -0.2) is 4.39 Å². The SMILES string of the molecule is C[C@]12C=CC(O)CC1C=C[C@@H]1[C@H]2CC[C@@]2(C)[C@H]1CC(O)C2(O)F. The summed E-state index contributed by atoms with van der Waals surface area (Å²) in [5.74, 6) is -1.67. The lowest BCUT2D eigenvalue weighted by Gasteiger charge is -2.56. The first-order valence-electron chi connectivity index (χ1n) is 8.85. The molecule has 4 unspecified atom stereocenters. The number of allylic oxidation sites excluding steroid dienone is 3. The molecule has 0 heterocycles. The zero-order chi connectivity index (χ0) is 16.6. The molecule has 3 nitrogen and oxygen atoms in total. The van der Waals surface area contributed by atoms with Crippen LogP contribution in [-0.4, -0.2) is 33.4 Å². The van der Waals surface area contributed by atoms with E-state index >= 15 is 0 Å². The predicted molar refractivity (Wildman–Crippen MR) is 85.0 cm³/mol. The molecule has 2 fully saturated rings. The molecule has 0 radical (unpaired) electrons. The molecule has 0 bridgehead atoms. The summed E-state index contributed by atoms with van der Waals surface area (Å²) in [4.78, 5) is 0. The van der Waals surface area contributed by atoms with Crippen molar-refractivity contribution in [2.75, 3.05) is 0 Å². The smallest absolute Gasteiger partial charge is 0.238 e. The highest BCUT2D eigenvalue weighted by Crippen LogP contribution is 2.66. The van der Waals surface area contributed by atoms with Crippen LogP contribution in [0, 0.1) is 34.5 Å². The van der Waals surface area contributed by atoms with Gasteiger partial charge in [-0.1, -0.05) is 38.2 Å². The number of aliphatic hydroxyl groups is 3. The van der Waals surface area contributed by atoms with Crippen LogP contribution in [0.2, 0.25) is 0 Å². The first-order chi connectivity index (χ1) is 10.7. The van der Waals surface area contributed by atoms with Gasteiger partial charge in [0.05, 0.1) is 6.10 Å². The van der Waals surface area contributed by atoms with Crippen molar-refractivity contribution in [3.8, 4) is 0 Å². The van der Waals surface area contributed by atoms with Gasteiger partial charge in [0.25, 0.3) is 0 Å². The molecule has 0 spiro atoms. The highest BCUT2D eigenvalue weighted by molar-refractivity contribution is 5.25. The highest BCUT2D eigenvalue weighted by Gasteiger charge is 2.68. The van der Waals surface area contributed by atoms with Crippen LogP contribution in [0.4, 0.5) is 4.39 Å². The van der Waals surface area contributed by atoms with Crippen molar-refractivity contribution in [1.82, 2.24) is 0 Å². The number of fused-ring (bicyclic) bond motifs is 5. The second-order valence-electron chi connectivity index (χ2n) is 8.69. The Hall–Kier alpha value is -0.710. The van der Waals surface area contributed by atoms with Crippen LogP contribution in [0.3, 0.4) is 0 Å². The molecule has 3 N–H and O–H groups in total. The molecule has 0 aromatic carbocycles. The average molecular weight is 322 g/mol. The van der Waals surface area contributed by atoms with Crippen molar-refractivity contribution in [1.29, 1.82) is 0 Å². The van der Waals surface area contributed by atoms with Crippen molar-refractivity contribution < 1.29 is 19.7 Å². The molecule has 9 atom stereocenters. The molecule has 0 amide bonds. The van der Waals surface area contributed by atoms with Crippen molar-refractivity contribution >= 4 is 0 Å². The Morgan fingerprint density at radius 3 is 2.52 bits per heavy atom. The van der Waals surface area contributed by atoms with E-state index < -0.39 is 17.4 Å². The molecule has 2 saturated carbocycles. The molecule has 128 valence electrons. The number of hydrogen-bond donors (Lipinski definition) is 3. The zero-order valence-corrected chi connectivity index (χ0v) is 13.8. The van der Waals surface area contributed by atoms with E-state index in [0.717, 1.165) is 12.8 Å². The van der Waals surface area contributed by atoms with Gasteiger partial charge in [0, 0.05) is 5.41 Å². The largest absolute Gasteiger partial charge is 0.389 e. The Bertz CT molecular complexity index is 571. The number of alkyl halides is 1. The van der Waals surface area contributed by atoms with Crippen LogP contribution in [0.1, 0.15) is 39.5 Å². The van der Waals surface area contributed by atoms with E-state index in [1.807, 2.05) is 6.08 Å². The van der Waals surface area contributed by atoms with E-state index in [0.29, 0.717) is 24.7 Å². The Balaban J connectivity index is 1.73. The fourth-order valence-electron chi connectivity index (χ4n) is 6.14. The molecule has 4 aliphatic carbocycles. The molecule has 4 rings (SSSR count). The lowest BCUT2D eigenvalue weighted by atomic mass is 9.48. The maximum atomic E-state index is 14.8. The molecular formula is C19H27FO3. The van der Waals surface area contributed by atoms with Crippen LogP contribution in [0.5, 0.6) is 0 Å². The van der Waals surface area contributed by atoms with Gasteiger partial charge in [-0.3, -0.25) is 0 Å². The summed E-state index contributed by atoms with van der Waals surface area (Å²) in [5, 5.41) is 30.2. The number of hydrogen-bond acceptors (Lipinski definition) is 3. The number of halogens is 1. The molecule has 0 saturated heterocycles. The summed E-state index contributed by atoms with van der Waals surface area (Å²) >= 11 is 0. The van der Waals surface area contributed by atoms with Crippen molar-refractivity contribution in [3.63, 3.8) is 0 Å². The molecule has 0 aliphatic heterocycles. The monoisotopic (exact) mass is 322 g/mol. The molecule has 0 aromatic heterocycles. The first-order valence-corrected chi connectivity index (χ1v) is 8.85. The topological polar surface area (TPSA) is 60.7 Å². The van der Waals surface area contributed by atoms with Gasteiger partial charge in [0.2, 0.25) is 5.85 Å². The number of rotatable bonds is 0. The van der Waals surface area contributed by atoms with E-state index in [9.17, 15) is 19.7 Å². The van der Waals surface area contributed by atoms with Crippen LogP contribution in [0.15, 0.2) is 24.3 Å². The maximum Gasteiger partial charge on any atom is 0.238 e. The summed E-state index contributed by atoms with van der Waals surface area (Å²) in [6.07, 6.45) is 9.24. The second-order valence-corrected chi connectivity index (χ2v) is 8.69. The van der Waals surface area contributed by atoms with Crippen LogP contribution in [0.25, 0.3) is 0 Å². The molecule has 4 aliphatic rings. The van der Waals surface area contributed by atoms with Crippen molar-refractivity contribution in [2.45, 2.75) is 57.6 Å². The number of aliphatic hydroxyl groups excluding tert-OH is 2. The predicted octanol–water partition coefficient (Wildman–Crippen LogP) is 2.57. The maximum absolute atomic E-state index is 14.8. The normalized spacial score (nSPS) is 61.0. The van der Waals surface area contributed by atoms with Gasteiger partial charge in [-0.2, -0.15) is 0 Å². The molecule has 23 heavy (non-hydrogen) atoms. The first kappa shape index (κ1) is 15.8. The standard InChI is InChI=1S/C19H27FO3/c1-17-7-5-12(21)9-11(17)3-4-13-14(17)6-8-18(2)15(13)10-16(22)19(18,20)23/h3-5,7,11-16,21-23H,6,8-10H2,1-2H3/t11?,12?,13-,14-,15+,16?,17+,18+,19?/m1/s1. The lowest BCUT2D eigenvalue weighted by molar-refractivity contribution is -0.229. The lowest BCUT2D eigenvalue weighted by Crippen LogP contribution is -2.54. The van der Waals surface area contributed by atoms with Crippen molar-refractivity contribution in [2.24, 2.45) is 34.5 Å². The van der Waals surface area contributed by atoms with E-state index in [4.69, 9.17) is 0 Å². The van der Waals surface area contributed by atoms with Gasteiger partial charge >= 0.3 is 0 Å². The van der Waals surface area contributed by atoms with Gasteiger partial charge in [0.1, 0.15) is 6.10 Å². The fraction of sp³-hybridized carbons (Fsp3) is 0.789. The summed E-state index contributed by atoms with van der Waals surface area (Å²) in [6.45, 7) is 4.05. The average Bonchev–Trinajstić information content (AvgIpc) is 2.67. The molecule has 4 heteroatoms. The van der Waals surface area contributed by atoms with Gasteiger partial charge < -0.3 is 15.3 Å². The quantitative estimate of drug-likeness (QED) is 0.601. The van der Waals surface area contributed by atoms with Crippen LogP contribution >= 0.6 is 0 Å². The Kier molecular flexibility index (Phi) is 3.21. The van der Waals surface area contributed by atoms with E-state index in [1.54, 1.807) is 6.92 Å². The fourth-order valence-corrected chi connectivity index (χ4v) is 6.14. The minimum atomic E-state index is -2.49. The Labute approximate surface area is 136 Å². The highest BCUT2D eigenvalue weighted by atomic mass is 19.2. The van der Waals surface area contributed by atoms with E-state index in [2.05, 4.69) is 25.2 Å². The Morgan fingerprint density at radius 2 is 1.78 bits per heavy atom. The second kappa shape index (κ2) is 4.68. The third-order valence-electron chi connectivity index (χ3n) is 7.78. The van der Waals surface area contributed by atoms with E-state index in [-0.39, 0.29) is 23.4 Å². The molecule has 0 aromatic rings. The third kappa shape index (κ3) is 1.86. The third-order valence-corrected chi connectivity index (χ3v) is 7.78. The van der Waals surface area contributed by atoms with E-state index in [1.165, 1.54) is 0 Å².